The molecule has 0 saturated carbocycles. The number of thioether (sulfide) groups is 2. The summed E-state index contributed by atoms with van der Waals surface area (Å²) in [5.74, 6) is 3.35. The van der Waals surface area contributed by atoms with Crippen LogP contribution >= 0.6 is 35.1 Å². The molecule has 0 amide bonds. The molecule has 1 rings (SSSR count). The average molecular weight is 265 g/mol. The number of alkyl halides is 1. The molecule has 0 atom stereocenters. The number of unbranched alkanes of at least 4 members (excludes halogenated alkanes) is 1. The molecule has 0 aromatic heterocycles. The van der Waals surface area contributed by atoms with Gasteiger partial charge in [0.15, 0.2) is 5.78 Å². The Morgan fingerprint density at radius 3 is 2.80 bits per heavy atom. The van der Waals surface area contributed by atoms with Gasteiger partial charge in [-0.05, 0) is 36.8 Å². The summed E-state index contributed by atoms with van der Waals surface area (Å²) in [7, 11) is 0. The number of halogens is 1. The predicted octanol–water partition coefficient (Wildman–Crippen LogP) is 3.72. The molecule has 0 aliphatic carbocycles. The van der Waals surface area contributed by atoms with Crippen LogP contribution in [0.4, 0.5) is 0 Å². The molecule has 0 aromatic rings. The first-order valence-electron chi connectivity index (χ1n) is 5.31. The first-order chi connectivity index (χ1) is 7.33. The quantitative estimate of drug-likeness (QED) is 0.414. The molecule has 15 heavy (non-hydrogen) atoms. The van der Waals surface area contributed by atoms with Crippen molar-refractivity contribution in [1.82, 2.24) is 0 Å². The van der Waals surface area contributed by atoms with E-state index in [1.54, 1.807) is 6.08 Å². The van der Waals surface area contributed by atoms with E-state index in [1.165, 1.54) is 17.9 Å². The Kier molecular flexibility index (Phi) is 7.67. The third-order valence-corrected chi connectivity index (χ3v) is 5.28. The Morgan fingerprint density at radius 1 is 1.40 bits per heavy atom. The number of carbonyl (C=O) groups excluding carboxylic acids is 1. The molecule has 0 N–H and O–H groups in total. The van der Waals surface area contributed by atoms with E-state index in [0.717, 1.165) is 12.8 Å². The highest BCUT2D eigenvalue weighted by molar-refractivity contribution is 8.17. The molecule has 0 radical (unpaired) electrons. The summed E-state index contributed by atoms with van der Waals surface area (Å²) >= 11 is 9.39. The molecule has 1 heterocycles. The van der Waals surface area contributed by atoms with Gasteiger partial charge in [-0.3, -0.25) is 4.79 Å². The highest BCUT2D eigenvalue weighted by Gasteiger charge is 2.16. The van der Waals surface area contributed by atoms with Crippen LogP contribution in [-0.2, 0) is 4.79 Å². The van der Waals surface area contributed by atoms with Gasteiger partial charge in [0.2, 0.25) is 0 Å². The molecule has 1 aliphatic rings. The second-order valence-electron chi connectivity index (χ2n) is 3.43. The lowest BCUT2D eigenvalue weighted by atomic mass is 10.2. The van der Waals surface area contributed by atoms with Gasteiger partial charge in [0, 0.05) is 12.3 Å². The number of allylic oxidation sites excluding steroid dienone is 2. The van der Waals surface area contributed by atoms with Crippen LogP contribution < -0.4 is 0 Å². The molecule has 4 heteroatoms. The maximum absolute atomic E-state index is 11.5. The minimum atomic E-state index is 0.261. The molecule has 0 unspecified atom stereocenters. The topological polar surface area (TPSA) is 17.1 Å². The number of carbonyl (C=O) groups is 1. The normalized spacial score (nSPS) is 18.5. The lowest BCUT2D eigenvalue weighted by Crippen LogP contribution is -2.10. The minimum absolute atomic E-state index is 0.261. The summed E-state index contributed by atoms with van der Waals surface area (Å²) < 4.78 is 0.490. The van der Waals surface area contributed by atoms with Crippen LogP contribution in [-0.4, -0.2) is 27.8 Å². The van der Waals surface area contributed by atoms with Crippen LogP contribution in [0.1, 0.15) is 25.7 Å². The number of hydrogen-bond donors (Lipinski definition) is 0. The first-order valence-corrected chi connectivity index (χ1v) is 7.94. The molecule has 0 aromatic carbocycles. The van der Waals surface area contributed by atoms with Gasteiger partial charge in [0.1, 0.15) is 0 Å². The van der Waals surface area contributed by atoms with Crippen molar-refractivity contribution in [2.75, 3.05) is 17.4 Å². The molecule has 1 fully saturated rings. The van der Waals surface area contributed by atoms with Crippen LogP contribution in [0, 0.1) is 0 Å². The van der Waals surface area contributed by atoms with Crippen molar-refractivity contribution >= 4 is 40.9 Å². The van der Waals surface area contributed by atoms with Crippen molar-refractivity contribution in [2.45, 2.75) is 30.3 Å². The second kappa shape index (κ2) is 8.54. The van der Waals surface area contributed by atoms with Gasteiger partial charge in [-0.15, -0.1) is 35.1 Å². The molecule has 1 aliphatic heterocycles. The molecule has 0 spiro atoms. The fourth-order valence-electron chi connectivity index (χ4n) is 1.30. The summed E-state index contributed by atoms with van der Waals surface area (Å²) in [4.78, 5) is 11.5. The van der Waals surface area contributed by atoms with Gasteiger partial charge >= 0.3 is 0 Å². The smallest absolute Gasteiger partial charge is 0.157 e. The Hall–Kier alpha value is 0.400. The zero-order chi connectivity index (χ0) is 10.9. The number of ketones is 1. The third-order valence-electron chi connectivity index (χ3n) is 2.07. The van der Waals surface area contributed by atoms with Gasteiger partial charge in [-0.1, -0.05) is 6.08 Å². The van der Waals surface area contributed by atoms with Crippen LogP contribution in [0.3, 0.4) is 0 Å². The Bertz CT molecular complexity index is 213. The van der Waals surface area contributed by atoms with E-state index >= 15 is 0 Å². The van der Waals surface area contributed by atoms with E-state index in [4.69, 9.17) is 11.6 Å². The molecular weight excluding hydrogens is 248 g/mol. The monoisotopic (exact) mass is 264 g/mol. The van der Waals surface area contributed by atoms with Gasteiger partial charge < -0.3 is 0 Å². The van der Waals surface area contributed by atoms with Crippen molar-refractivity contribution in [3.8, 4) is 0 Å². The first kappa shape index (κ1) is 13.5. The SMILES string of the molecule is O=C(C=CCCCCl)CC1SCCCS1. The van der Waals surface area contributed by atoms with E-state index in [9.17, 15) is 4.79 Å². The average Bonchev–Trinajstić information content (AvgIpc) is 2.26. The van der Waals surface area contributed by atoms with Crippen LogP contribution in [0.5, 0.6) is 0 Å². The number of hydrogen-bond acceptors (Lipinski definition) is 3. The minimum Gasteiger partial charge on any atom is -0.295 e. The Morgan fingerprint density at radius 2 is 2.13 bits per heavy atom. The Balaban J connectivity index is 2.13. The largest absolute Gasteiger partial charge is 0.295 e. The van der Waals surface area contributed by atoms with E-state index in [-0.39, 0.29) is 5.78 Å². The van der Waals surface area contributed by atoms with Crippen molar-refractivity contribution in [3.05, 3.63) is 12.2 Å². The molecule has 1 nitrogen and oxygen atoms in total. The maximum atomic E-state index is 11.5. The van der Waals surface area contributed by atoms with Crippen molar-refractivity contribution < 1.29 is 4.79 Å². The van der Waals surface area contributed by atoms with E-state index < -0.39 is 0 Å². The van der Waals surface area contributed by atoms with Gasteiger partial charge in [0.05, 0.1) is 4.58 Å². The fourth-order valence-corrected chi connectivity index (χ4v) is 4.31. The van der Waals surface area contributed by atoms with E-state index in [2.05, 4.69) is 0 Å². The highest BCUT2D eigenvalue weighted by Crippen LogP contribution is 2.32. The summed E-state index contributed by atoms with van der Waals surface area (Å²) in [6, 6.07) is 0. The predicted molar refractivity (Wildman–Crippen MR) is 72.0 cm³/mol. The summed E-state index contributed by atoms with van der Waals surface area (Å²) in [6.45, 7) is 0. The lowest BCUT2D eigenvalue weighted by Gasteiger charge is -2.19. The fraction of sp³-hybridized carbons (Fsp3) is 0.727. The van der Waals surface area contributed by atoms with E-state index in [1.807, 2.05) is 29.6 Å². The van der Waals surface area contributed by atoms with Crippen molar-refractivity contribution in [1.29, 1.82) is 0 Å². The zero-order valence-electron chi connectivity index (χ0n) is 8.78. The van der Waals surface area contributed by atoms with E-state index in [0.29, 0.717) is 16.9 Å². The van der Waals surface area contributed by atoms with Gasteiger partial charge in [-0.2, -0.15) is 0 Å². The third kappa shape index (κ3) is 6.54. The second-order valence-corrected chi connectivity index (χ2v) is 6.73. The van der Waals surface area contributed by atoms with Gasteiger partial charge in [0.25, 0.3) is 0 Å². The number of rotatable bonds is 6. The van der Waals surface area contributed by atoms with Gasteiger partial charge in [-0.25, -0.2) is 0 Å². The summed E-state index contributed by atoms with van der Waals surface area (Å²) in [5.41, 5.74) is 0. The summed E-state index contributed by atoms with van der Waals surface area (Å²) in [5, 5.41) is 0. The van der Waals surface area contributed by atoms with Crippen LogP contribution in [0.15, 0.2) is 12.2 Å². The summed E-state index contributed by atoms with van der Waals surface area (Å²) in [6.07, 6.45) is 7.52. The Labute approximate surface area is 105 Å². The highest BCUT2D eigenvalue weighted by atomic mass is 35.5. The van der Waals surface area contributed by atoms with Crippen LogP contribution in [0.25, 0.3) is 0 Å². The maximum Gasteiger partial charge on any atom is 0.157 e. The van der Waals surface area contributed by atoms with Crippen molar-refractivity contribution in [2.24, 2.45) is 0 Å². The lowest BCUT2D eigenvalue weighted by molar-refractivity contribution is -0.114. The molecule has 0 bridgehead atoms. The standard InChI is InChI=1S/C11H17ClOS2/c12-6-3-1-2-5-10(13)9-11-14-7-4-8-15-11/h2,5,11H,1,3-4,6-9H2. The zero-order valence-corrected chi connectivity index (χ0v) is 11.2. The van der Waals surface area contributed by atoms with Crippen molar-refractivity contribution in [3.63, 3.8) is 0 Å². The molecule has 86 valence electrons. The van der Waals surface area contributed by atoms with Crippen LogP contribution in [0.2, 0.25) is 0 Å². The molecule has 1 saturated heterocycles. The molecular formula is C11H17ClOS2.